The molecule has 1 aromatic rings. The van der Waals surface area contributed by atoms with Crippen molar-refractivity contribution in [2.45, 2.75) is 37.1 Å². The molecule has 1 rings (SSSR count). The van der Waals surface area contributed by atoms with Crippen molar-refractivity contribution in [1.29, 1.82) is 0 Å². The fraction of sp³-hybridized carbons (Fsp3) is 0.500. The van der Waals surface area contributed by atoms with Gasteiger partial charge in [0.15, 0.2) is 9.84 Å². The number of nitrogens with two attached hydrogens (primary N) is 2. The summed E-state index contributed by atoms with van der Waals surface area (Å²) in [6, 6.07) is 5.35. The van der Waals surface area contributed by atoms with E-state index in [0.29, 0.717) is 5.69 Å². The second-order valence-electron chi connectivity index (χ2n) is 4.51. The van der Waals surface area contributed by atoms with E-state index in [2.05, 4.69) is 0 Å². The molecule has 1 unspecified atom stereocenters. The van der Waals surface area contributed by atoms with Gasteiger partial charge in [-0.05, 0) is 43.9 Å². The van der Waals surface area contributed by atoms with Crippen molar-refractivity contribution in [2.24, 2.45) is 5.73 Å². The highest BCUT2D eigenvalue weighted by molar-refractivity contribution is 7.90. The molecule has 0 radical (unpaired) electrons. The van der Waals surface area contributed by atoms with Crippen molar-refractivity contribution in [2.75, 3.05) is 12.0 Å². The number of hydrogen-bond donors (Lipinski definition) is 2. The molecule has 0 saturated carbocycles. The highest BCUT2D eigenvalue weighted by Gasteiger charge is 2.12. The first-order chi connectivity index (χ1) is 7.80. The van der Waals surface area contributed by atoms with Gasteiger partial charge >= 0.3 is 0 Å². The molecule has 1 atom stereocenters. The first kappa shape index (κ1) is 14.0. The second kappa shape index (κ2) is 5.51. The molecular weight excluding hydrogens is 236 g/mol. The third-order valence-electron chi connectivity index (χ3n) is 2.60. The first-order valence-electron chi connectivity index (χ1n) is 5.64. The lowest BCUT2D eigenvalue weighted by atomic mass is 10.1. The minimum atomic E-state index is -3.25. The van der Waals surface area contributed by atoms with Crippen LogP contribution < -0.4 is 11.5 Å². The molecule has 17 heavy (non-hydrogen) atoms. The Morgan fingerprint density at radius 3 is 2.53 bits per heavy atom. The van der Waals surface area contributed by atoms with E-state index < -0.39 is 9.84 Å². The van der Waals surface area contributed by atoms with Crippen molar-refractivity contribution < 1.29 is 8.42 Å². The summed E-state index contributed by atoms with van der Waals surface area (Å²) < 4.78 is 23.0. The van der Waals surface area contributed by atoms with Crippen molar-refractivity contribution >= 4 is 15.5 Å². The lowest BCUT2D eigenvalue weighted by Gasteiger charge is -2.08. The second-order valence-corrected chi connectivity index (χ2v) is 6.50. The number of nitrogen functional groups attached to an aromatic ring is 1. The molecule has 0 aromatic heterocycles. The zero-order valence-corrected chi connectivity index (χ0v) is 11.1. The molecule has 0 saturated heterocycles. The monoisotopic (exact) mass is 256 g/mol. The zero-order valence-electron chi connectivity index (χ0n) is 10.3. The van der Waals surface area contributed by atoms with E-state index in [1.807, 2.05) is 13.0 Å². The van der Waals surface area contributed by atoms with Crippen molar-refractivity contribution in [1.82, 2.24) is 0 Å². The summed E-state index contributed by atoms with van der Waals surface area (Å²) in [6.45, 7) is 1.96. The number of sulfone groups is 1. The Morgan fingerprint density at radius 1 is 1.35 bits per heavy atom. The molecule has 0 aliphatic rings. The van der Waals surface area contributed by atoms with Gasteiger partial charge in [0.05, 0.1) is 10.6 Å². The fourth-order valence-electron chi connectivity index (χ4n) is 1.68. The van der Waals surface area contributed by atoms with Crippen LogP contribution in [0.2, 0.25) is 0 Å². The largest absolute Gasteiger partial charge is 0.398 e. The SMILES string of the molecule is CC(N)CCCc1ccc(N)c(S(C)(=O)=O)c1. The van der Waals surface area contributed by atoms with Crippen molar-refractivity contribution in [3.63, 3.8) is 0 Å². The van der Waals surface area contributed by atoms with E-state index in [-0.39, 0.29) is 10.9 Å². The highest BCUT2D eigenvalue weighted by atomic mass is 32.2. The maximum absolute atomic E-state index is 11.5. The normalized spacial score (nSPS) is 13.6. The van der Waals surface area contributed by atoms with E-state index in [4.69, 9.17) is 11.5 Å². The molecule has 0 amide bonds. The molecule has 4 nitrogen and oxygen atoms in total. The Morgan fingerprint density at radius 2 is 2.00 bits per heavy atom. The number of benzene rings is 1. The van der Waals surface area contributed by atoms with Gasteiger partial charge in [0.25, 0.3) is 0 Å². The molecule has 0 aliphatic carbocycles. The summed E-state index contributed by atoms with van der Waals surface area (Å²) in [6.07, 6.45) is 3.87. The topological polar surface area (TPSA) is 86.2 Å². The highest BCUT2D eigenvalue weighted by Crippen LogP contribution is 2.20. The summed E-state index contributed by atoms with van der Waals surface area (Å²) in [4.78, 5) is 0.218. The smallest absolute Gasteiger partial charge is 0.177 e. The summed E-state index contributed by atoms with van der Waals surface area (Å²) >= 11 is 0. The van der Waals surface area contributed by atoms with Gasteiger partial charge in [-0.15, -0.1) is 0 Å². The molecule has 5 heteroatoms. The Labute approximate surface area is 103 Å². The van der Waals surface area contributed by atoms with Gasteiger partial charge in [0, 0.05) is 12.3 Å². The quantitative estimate of drug-likeness (QED) is 0.778. The van der Waals surface area contributed by atoms with Gasteiger partial charge in [-0.2, -0.15) is 0 Å². The van der Waals surface area contributed by atoms with Crippen LogP contribution in [-0.2, 0) is 16.3 Å². The third-order valence-corrected chi connectivity index (χ3v) is 3.75. The molecule has 0 fully saturated rings. The number of rotatable bonds is 5. The minimum Gasteiger partial charge on any atom is -0.398 e. The van der Waals surface area contributed by atoms with Crippen LogP contribution in [0.4, 0.5) is 5.69 Å². The minimum absolute atomic E-state index is 0.179. The van der Waals surface area contributed by atoms with E-state index in [0.717, 1.165) is 24.8 Å². The Kier molecular flexibility index (Phi) is 4.54. The first-order valence-corrected chi connectivity index (χ1v) is 7.54. The standard InChI is InChI=1S/C12H20N2O2S/c1-9(13)4-3-5-10-6-7-11(14)12(8-10)17(2,15)16/h6-9H,3-5,13-14H2,1-2H3. The lowest BCUT2D eigenvalue weighted by molar-refractivity contribution is 0.601. The van der Waals surface area contributed by atoms with Gasteiger partial charge < -0.3 is 11.5 Å². The summed E-state index contributed by atoms with van der Waals surface area (Å²) in [5.41, 5.74) is 12.6. The molecule has 1 aromatic carbocycles. The number of hydrogen-bond acceptors (Lipinski definition) is 4. The van der Waals surface area contributed by atoms with Gasteiger partial charge in [-0.1, -0.05) is 6.07 Å². The van der Waals surface area contributed by atoms with Crippen LogP contribution in [0.1, 0.15) is 25.3 Å². The van der Waals surface area contributed by atoms with E-state index in [9.17, 15) is 8.42 Å². The average molecular weight is 256 g/mol. The summed E-state index contributed by atoms with van der Waals surface area (Å²) in [5.74, 6) is 0. The van der Waals surface area contributed by atoms with Gasteiger partial charge in [-0.3, -0.25) is 0 Å². The Bertz CT molecular complexity index is 481. The van der Waals surface area contributed by atoms with Crippen LogP contribution >= 0.6 is 0 Å². The van der Waals surface area contributed by atoms with E-state index in [1.165, 1.54) is 6.26 Å². The van der Waals surface area contributed by atoms with Gasteiger partial charge in [0.2, 0.25) is 0 Å². The van der Waals surface area contributed by atoms with Gasteiger partial charge in [0.1, 0.15) is 0 Å². The molecule has 0 aliphatic heterocycles. The predicted molar refractivity (Wildman–Crippen MR) is 70.6 cm³/mol. The zero-order chi connectivity index (χ0) is 13.1. The van der Waals surface area contributed by atoms with Crippen LogP contribution in [0.5, 0.6) is 0 Å². The van der Waals surface area contributed by atoms with Crippen LogP contribution in [0.25, 0.3) is 0 Å². The van der Waals surface area contributed by atoms with E-state index >= 15 is 0 Å². The van der Waals surface area contributed by atoms with Crippen molar-refractivity contribution in [3.05, 3.63) is 23.8 Å². The Hall–Kier alpha value is -1.07. The van der Waals surface area contributed by atoms with Crippen LogP contribution in [0.15, 0.2) is 23.1 Å². The molecule has 4 N–H and O–H groups in total. The van der Waals surface area contributed by atoms with Crippen LogP contribution in [0, 0.1) is 0 Å². The number of anilines is 1. The maximum Gasteiger partial charge on any atom is 0.177 e. The lowest BCUT2D eigenvalue weighted by Crippen LogP contribution is -2.14. The Balaban J connectivity index is 2.83. The number of aryl methyl sites for hydroxylation is 1. The summed E-state index contributed by atoms with van der Waals surface area (Å²) in [7, 11) is -3.25. The molecule has 96 valence electrons. The fourth-order valence-corrected chi connectivity index (χ4v) is 2.55. The van der Waals surface area contributed by atoms with Crippen LogP contribution in [-0.4, -0.2) is 20.7 Å². The molecule has 0 heterocycles. The van der Waals surface area contributed by atoms with Crippen molar-refractivity contribution in [3.8, 4) is 0 Å². The molecule has 0 spiro atoms. The summed E-state index contributed by atoms with van der Waals surface area (Å²) in [5, 5.41) is 0. The third kappa shape index (κ3) is 4.36. The average Bonchev–Trinajstić information content (AvgIpc) is 2.18. The molecule has 0 bridgehead atoms. The van der Waals surface area contributed by atoms with Crippen LogP contribution in [0.3, 0.4) is 0 Å². The maximum atomic E-state index is 11.5. The van der Waals surface area contributed by atoms with Gasteiger partial charge in [-0.25, -0.2) is 8.42 Å². The predicted octanol–water partition coefficient (Wildman–Crippen LogP) is 1.34. The van der Waals surface area contributed by atoms with E-state index in [1.54, 1.807) is 12.1 Å². The molecular formula is C12H20N2O2S.